The van der Waals surface area contributed by atoms with E-state index in [1.807, 2.05) is 0 Å². The Balaban J connectivity index is 0. The third-order valence-corrected chi connectivity index (χ3v) is 0.644. The van der Waals surface area contributed by atoms with E-state index >= 15 is 0 Å². The minimum absolute atomic E-state index is 0. The summed E-state index contributed by atoms with van der Waals surface area (Å²) in [5, 5.41) is 0. The summed E-state index contributed by atoms with van der Waals surface area (Å²) in [6.07, 6.45) is 3.37. The normalized spacial score (nSPS) is 7.00. The average Bonchev–Trinajstić information content (AvgIpc) is 1.69. The van der Waals surface area contributed by atoms with Crippen LogP contribution in [0.25, 0.3) is 0 Å². The Morgan fingerprint density at radius 2 is 1.38 bits per heavy atom. The SMILES string of the molecule is O=CCCCC=O.[CaH2]. The first-order chi connectivity index (χ1) is 3.41. The van der Waals surface area contributed by atoms with Crippen LogP contribution in [0.1, 0.15) is 19.3 Å². The van der Waals surface area contributed by atoms with Crippen LogP contribution in [0, 0.1) is 0 Å². The molecule has 2 nitrogen and oxygen atoms in total. The summed E-state index contributed by atoms with van der Waals surface area (Å²) in [5.41, 5.74) is 0. The van der Waals surface area contributed by atoms with Crippen molar-refractivity contribution in [3.8, 4) is 0 Å². The molecule has 0 aliphatic carbocycles. The molecular weight excluding hydrogens is 132 g/mol. The summed E-state index contributed by atoms with van der Waals surface area (Å²) in [6, 6.07) is 0. The van der Waals surface area contributed by atoms with Crippen molar-refractivity contribution in [3.05, 3.63) is 0 Å². The Morgan fingerprint density at radius 3 is 1.62 bits per heavy atom. The van der Waals surface area contributed by atoms with Crippen molar-refractivity contribution >= 4 is 50.3 Å². The molecule has 0 heterocycles. The third-order valence-electron chi connectivity index (χ3n) is 0.644. The van der Waals surface area contributed by atoms with E-state index in [4.69, 9.17) is 0 Å². The first-order valence-corrected chi connectivity index (χ1v) is 2.29. The van der Waals surface area contributed by atoms with Gasteiger partial charge in [0.15, 0.2) is 0 Å². The predicted molar refractivity (Wildman–Crippen MR) is 34.5 cm³/mol. The molecule has 0 saturated heterocycles. The van der Waals surface area contributed by atoms with Crippen molar-refractivity contribution in [1.82, 2.24) is 0 Å². The van der Waals surface area contributed by atoms with Gasteiger partial charge in [-0.3, -0.25) is 0 Å². The second-order valence-corrected chi connectivity index (χ2v) is 1.26. The molecule has 0 fully saturated rings. The molecule has 0 atom stereocenters. The summed E-state index contributed by atoms with van der Waals surface area (Å²) in [5.74, 6) is 0. The van der Waals surface area contributed by atoms with E-state index in [1.165, 1.54) is 0 Å². The van der Waals surface area contributed by atoms with Gasteiger partial charge in [-0.05, 0) is 6.42 Å². The summed E-state index contributed by atoms with van der Waals surface area (Å²) in [6.45, 7) is 0. The van der Waals surface area contributed by atoms with Crippen LogP contribution in [0.5, 0.6) is 0 Å². The van der Waals surface area contributed by atoms with Crippen LogP contribution in [-0.2, 0) is 9.59 Å². The molecule has 0 bridgehead atoms. The minimum atomic E-state index is 0. The van der Waals surface area contributed by atoms with Gasteiger partial charge in [-0.2, -0.15) is 0 Å². The molecule has 0 rings (SSSR count). The van der Waals surface area contributed by atoms with Crippen LogP contribution in [0.3, 0.4) is 0 Å². The molecule has 8 heavy (non-hydrogen) atoms. The van der Waals surface area contributed by atoms with Crippen LogP contribution >= 0.6 is 0 Å². The third kappa shape index (κ3) is 9.78. The van der Waals surface area contributed by atoms with Crippen LogP contribution in [0.15, 0.2) is 0 Å². The fourth-order valence-electron chi connectivity index (χ4n) is 0.285. The van der Waals surface area contributed by atoms with Crippen LogP contribution in [-0.4, -0.2) is 50.3 Å². The van der Waals surface area contributed by atoms with Crippen molar-refractivity contribution in [2.24, 2.45) is 0 Å². The van der Waals surface area contributed by atoms with Crippen molar-refractivity contribution < 1.29 is 9.59 Å². The van der Waals surface area contributed by atoms with Gasteiger partial charge in [-0.15, -0.1) is 0 Å². The number of unbranched alkanes of at least 4 members (excludes halogenated alkanes) is 2. The molecule has 3 heteroatoms. The molecular formula is C5H10CaO2. The molecule has 0 aliphatic heterocycles. The molecule has 0 aromatic heterocycles. The Morgan fingerprint density at radius 1 is 1.00 bits per heavy atom. The van der Waals surface area contributed by atoms with Gasteiger partial charge >= 0.3 is 37.7 Å². The molecule has 0 aromatic carbocycles. The Hall–Kier alpha value is 0.600. The van der Waals surface area contributed by atoms with E-state index < -0.39 is 0 Å². The van der Waals surface area contributed by atoms with Crippen molar-refractivity contribution in [2.45, 2.75) is 19.3 Å². The monoisotopic (exact) mass is 142 g/mol. The van der Waals surface area contributed by atoms with E-state index in [9.17, 15) is 9.59 Å². The molecule has 0 unspecified atom stereocenters. The van der Waals surface area contributed by atoms with E-state index in [0.29, 0.717) is 19.3 Å². The molecule has 0 amide bonds. The van der Waals surface area contributed by atoms with Gasteiger partial charge in [0.2, 0.25) is 0 Å². The number of hydrogen-bond acceptors (Lipinski definition) is 2. The Bertz CT molecular complexity index is 55.4. The zero-order valence-electron chi connectivity index (χ0n) is 4.09. The first kappa shape index (κ1) is 11.4. The van der Waals surface area contributed by atoms with Gasteiger partial charge in [-0.1, -0.05) is 0 Å². The van der Waals surface area contributed by atoms with Crippen molar-refractivity contribution in [3.63, 3.8) is 0 Å². The summed E-state index contributed by atoms with van der Waals surface area (Å²) in [4.78, 5) is 19.1. The van der Waals surface area contributed by atoms with Crippen LogP contribution in [0.4, 0.5) is 0 Å². The molecule has 44 valence electrons. The number of aldehydes is 2. The summed E-state index contributed by atoms with van der Waals surface area (Å²) in [7, 11) is 0. The van der Waals surface area contributed by atoms with Gasteiger partial charge < -0.3 is 9.59 Å². The Kier molecular flexibility index (Phi) is 15.0. The van der Waals surface area contributed by atoms with Gasteiger partial charge in [0, 0.05) is 12.8 Å². The number of carbonyl (C=O) groups is 2. The number of hydrogen-bond donors (Lipinski definition) is 0. The predicted octanol–water partition coefficient (Wildman–Crippen LogP) is -0.362. The second-order valence-electron chi connectivity index (χ2n) is 1.26. The van der Waals surface area contributed by atoms with Gasteiger partial charge in [0.05, 0.1) is 0 Å². The zero-order valence-corrected chi connectivity index (χ0v) is 4.09. The molecule has 0 radical (unpaired) electrons. The second kappa shape index (κ2) is 10.6. The topological polar surface area (TPSA) is 34.1 Å². The van der Waals surface area contributed by atoms with E-state index in [1.54, 1.807) is 0 Å². The van der Waals surface area contributed by atoms with Crippen molar-refractivity contribution in [1.29, 1.82) is 0 Å². The quantitative estimate of drug-likeness (QED) is 0.305. The molecule has 0 aliphatic rings. The number of carbonyl (C=O) groups excluding carboxylic acids is 2. The fraction of sp³-hybridized carbons (Fsp3) is 0.600. The molecule has 0 saturated carbocycles. The number of rotatable bonds is 4. The van der Waals surface area contributed by atoms with E-state index in [-0.39, 0.29) is 37.7 Å². The van der Waals surface area contributed by atoms with E-state index in [0.717, 1.165) is 12.6 Å². The maximum absolute atomic E-state index is 9.56. The molecule has 0 aromatic rings. The maximum atomic E-state index is 9.56. The van der Waals surface area contributed by atoms with Crippen LogP contribution < -0.4 is 0 Å². The molecule has 0 N–H and O–H groups in total. The van der Waals surface area contributed by atoms with Gasteiger partial charge in [0.1, 0.15) is 12.6 Å². The Labute approximate surface area is 78.6 Å². The van der Waals surface area contributed by atoms with Crippen LogP contribution in [0.2, 0.25) is 0 Å². The standard InChI is InChI=1S/C5H8O2.Ca.2H/c6-4-2-1-3-5-7;;;/h4-5H,1-3H2;;;. The summed E-state index contributed by atoms with van der Waals surface area (Å²) >= 11 is 0. The van der Waals surface area contributed by atoms with Gasteiger partial charge in [-0.25, -0.2) is 0 Å². The van der Waals surface area contributed by atoms with Gasteiger partial charge in [0.25, 0.3) is 0 Å². The van der Waals surface area contributed by atoms with E-state index in [2.05, 4.69) is 0 Å². The first-order valence-electron chi connectivity index (χ1n) is 2.29. The fourth-order valence-corrected chi connectivity index (χ4v) is 0.285. The average molecular weight is 142 g/mol. The summed E-state index contributed by atoms with van der Waals surface area (Å²) < 4.78 is 0. The van der Waals surface area contributed by atoms with Crippen molar-refractivity contribution in [2.75, 3.05) is 0 Å². The zero-order chi connectivity index (χ0) is 5.54. The molecule has 0 spiro atoms.